The number of carbonyl (C=O) groups excluding carboxylic acids is 1. The van der Waals surface area contributed by atoms with Crippen molar-refractivity contribution >= 4 is 34.2 Å². The zero-order valence-corrected chi connectivity index (χ0v) is 15.2. The van der Waals surface area contributed by atoms with Gasteiger partial charge in [0.15, 0.2) is 0 Å². The van der Waals surface area contributed by atoms with E-state index >= 15 is 0 Å². The van der Waals surface area contributed by atoms with Gasteiger partial charge < -0.3 is 14.8 Å². The van der Waals surface area contributed by atoms with Crippen molar-refractivity contribution < 1.29 is 14.3 Å². The summed E-state index contributed by atoms with van der Waals surface area (Å²) in [6.45, 7) is 4.50. The molecule has 1 N–H and O–H groups in total. The minimum atomic E-state index is -0.151. The van der Waals surface area contributed by atoms with Crippen molar-refractivity contribution in [3.05, 3.63) is 51.1 Å². The topological polar surface area (TPSA) is 47.6 Å². The van der Waals surface area contributed by atoms with E-state index in [4.69, 9.17) is 9.47 Å². The highest BCUT2D eigenvalue weighted by atomic mass is 127. The summed E-state index contributed by atoms with van der Waals surface area (Å²) in [6.07, 6.45) is 1.01. The van der Waals surface area contributed by atoms with Gasteiger partial charge in [-0.2, -0.15) is 0 Å². The first-order valence-electron chi connectivity index (χ1n) is 7.60. The average Bonchev–Trinajstić information content (AvgIpc) is 2.87. The zero-order valence-electron chi connectivity index (χ0n) is 13.1. The number of hydrogen-bond acceptors (Lipinski definition) is 3. The van der Waals surface area contributed by atoms with Gasteiger partial charge in [-0.25, -0.2) is 0 Å². The Hall–Kier alpha value is -1.76. The Morgan fingerprint density at radius 3 is 2.91 bits per heavy atom. The molecule has 2 aromatic rings. The van der Waals surface area contributed by atoms with Crippen molar-refractivity contribution in [3.8, 4) is 11.5 Å². The van der Waals surface area contributed by atoms with Crippen LogP contribution < -0.4 is 14.8 Å². The maximum absolute atomic E-state index is 12.5. The van der Waals surface area contributed by atoms with Crippen LogP contribution in [0, 0.1) is 3.57 Å². The van der Waals surface area contributed by atoms with E-state index in [1.807, 2.05) is 50.2 Å². The molecule has 2 aromatic carbocycles. The van der Waals surface area contributed by atoms with E-state index in [9.17, 15) is 4.79 Å². The number of benzene rings is 2. The predicted octanol–water partition coefficient (Wildman–Crippen LogP) is 4.27. The fourth-order valence-electron chi connectivity index (χ4n) is 2.65. The molecule has 5 heteroatoms. The van der Waals surface area contributed by atoms with Gasteiger partial charge >= 0.3 is 0 Å². The van der Waals surface area contributed by atoms with Crippen molar-refractivity contribution in [2.75, 3.05) is 11.9 Å². The van der Waals surface area contributed by atoms with E-state index < -0.39 is 0 Å². The smallest absolute Gasteiger partial charge is 0.256 e. The summed E-state index contributed by atoms with van der Waals surface area (Å²) in [6, 6.07) is 11.3. The molecule has 0 aliphatic carbocycles. The molecule has 0 saturated heterocycles. The Morgan fingerprint density at radius 1 is 1.39 bits per heavy atom. The highest BCUT2D eigenvalue weighted by Gasteiger charge is 2.23. The predicted molar refractivity (Wildman–Crippen MR) is 98.5 cm³/mol. The van der Waals surface area contributed by atoms with Gasteiger partial charge in [-0.15, -0.1) is 0 Å². The second-order valence-corrected chi connectivity index (χ2v) is 6.62. The van der Waals surface area contributed by atoms with Crippen LogP contribution in [0.1, 0.15) is 29.8 Å². The van der Waals surface area contributed by atoms with E-state index in [0.29, 0.717) is 23.6 Å². The van der Waals surface area contributed by atoms with Gasteiger partial charge in [-0.3, -0.25) is 4.79 Å². The number of fused-ring (bicyclic) bond motifs is 1. The zero-order chi connectivity index (χ0) is 16.4. The number of nitrogens with one attached hydrogen (secondary N) is 1. The molecule has 0 saturated carbocycles. The molecule has 1 unspecified atom stereocenters. The van der Waals surface area contributed by atoms with Crippen molar-refractivity contribution in [3.63, 3.8) is 0 Å². The maximum atomic E-state index is 12.5. The SMILES string of the molecule is CCOc1cc2c(cc1NC(=O)c1ccccc1I)OC(C)C2. The standard InChI is InChI=1S/C18H18INO3/c1-3-22-17-9-12-8-11(2)23-16(12)10-15(17)20-18(21)13-6-4-5-7-14(13)19/h4-7,9-11H,3,8H2,1-2H3,(H,20,21). The lowest BCUT2D eigenvalue weighted by Gasteiger charge is -2.14. The molecular weight excluding hydrogens is 405 g/mol. The molecule has 0 spiro atoms. The Morgan fingerprint density at radius 2 is 2.17 bits per heavy atom. The fourth-order valence-corrected chi connectivity index (χ4v) is 3.28. The van der Waals surface area contributed by atoms with Crippen molar-refractivity contribution in [2.45, 2.75) is 26.4 Å². The number of anilines is 1. The highest BCUT2D eigenvalue weighted by molar-refractivity contribution is 14.1. The molecule has 120 valence electrons. The molecular formula is C18H18INO3. The number of amides is 1. The van der Waals surface area contributed by atoms with Crippen LogP contribution in [-0.4, -0.2) is 18.6 Å². The van der Waals surface area contributed by atoms with E-state index in [-0.39, 0.29) is 12.0 Å². The second kappa shape index (κ2) is 6.78. The molecule has 3 rings (SSSR count). The molecule has 0 fully saturated rings. The van der Waals surface area contributed by atoms with Crippen LogP contribution in [0.5, 0.6) is 11.5 Å². The minimum Gasteiger partial charge on any atom is -0.492 e. The van der Waals surface area contributed by atoms with E-state index in [1.54, 1.807) is 0 Å². The van der Waals surface area contributed by atoms with Crippen LogP contribution in [0.4, 0.5) is 5.69 Å². The van der Waals surface area contributed by atoms with Crippen LogP contribution in [0.3, 0.4) is 0 Å². The first-order chi connectivity index (χ1) is 11.1. The molecule has 1 aliphatic rings. The van der Waals surface area contributed by atoms with Gasteiger partial charge in [0.2, 0.25) is 0 Å². The lowest BCUT2D eigenvalue weighted by molar-refractivity contribution is 0.102. The summed E-state index contributed by atoms with van der Waals surface area (Å²) in [5.41, 5.74) is 2.41. The monoisotopic (exact) mass is 423 g/mol. The van der Waals surface area contributed by atoms with Crippen molar-refractivity contribution in [1.82, 2.24) is 0 Å². The summed E-state index contributed by atoms with van der Waals surface area (Å²) in [5.74, 6) is 1.35. The first-order valence-corrected chi connectivity index (χ1v) is 8.68. The van der Waals surface area contributed by atoms with Crippen LogP contribution in [0.15, 0.2) is 36.4 Å². The summed E-state index contributed by atoms with van der Waals surface area (Å²) in [4.78, 5) is 12.5. The molecule has 0 radical (unpaired) electrons. The molecule has 1 heterocycles. The Kier molecular flexibility index (Phi) is 4.75. The lowest BCUT2D eigenvalue weighted by atomic mass is 10.1. The lowest BCUT2D eigenvalue weighted by Crippen LogP contribution is -2.14. The molecule has 23 heavy (non-hydrogen) atoms. The Balaban J connectivity index is 1.91. The van der Waals surface area contributed by atoms with Gasteiger partial charge in [-0.1, -0.05) is 12.1 Å². The van der Waals surface area contributed by atoms with Crippen LogP contribution in [0.2, 0.25) is 0 Å². The average molecular weight is 423 g/mol. The molecule has 0 aromatic heterocycles. The number of ether oxygens (including phenoxy) is 2. The minimum absolute atomic E-state index is 0.151. The summed E-state index contributed by atoms with van der Waals surface area (Å²) < 4.78 is 12.4. The van der Waals surface area contributed by atoms with Gasteiger partial charge in [0.25, 0.3) is 5.91 Å². The Labute approximate surface area is 149 Å². The molecule has 1 amide bonds. The summed E-state index contributed by atoms with van der Waals surface area (Å²) >= 11 is 2.16. The van der Waals surface area contributed by atoms with Gasteiger partial charge in [0.05, 0.1) is 17.9 Å². The van der Waals surface area contributed by atoms with Crippen LogP contribution in [-0.2, 0) is 6.42 Å². The third kappa shape index (κ3) is 3.44. The van der Waals surface area contributed by atoms with Crippen molar-refractivity contribution in [1.29, 1.82) is 0 Å². The van der Waals surface area contributed by atoms with Crippen molar-refractivity contribution in [2.24, 2.45) is 0 Å². The third-order valence-electron chi connectivity index (χ3n) is 3.66. The van der Waals surface area contributed by atoms with E-state index in [1.165, 1.54) is 0 Å². The number of hydrogen-bond donors (Lipinski definition) is 1. The maximum Gasteiger partial charge on any atom is 0.256 e. The first kappa shape index (κ1) is 16.1. The van der Waals surface area contributed by atoms with E-state index in [2.05, 4.69) is 27.9 Å². The fraction of sp³-hybridized carbons (Fsp3) is 0.278. The molecule has 1 atom stereocenters. The second-order valence-electron chi connectivity index (χ2n) is 5.46. The molecule has 4 nitrogen and oxygen atoms in total. The Bertz CT molecular complexity index is 745. The quantitative estimate of drug-likeness (QED) is 0.748. The molecule has 1 aliphatic heterocycles. The number of carbonyl (C=O) groups is 1. The molecule has 0 bridgehead atoms. The number of rotatable bonds is 4. The normalized spacial score (nSPS) is 15.7. The van der Waals surface area contributed by atoms with Gasteiger partial charge in [0.1, 0.15) is 17.6 Å². The largest absolute Gasteiger partial charge is 0.492 e. The van der Waals surface area contributed by atoms with Crippen LogP contribution in [0.25, 0.3) is 0 Å². The number of halogens is 1. The van der Waals surface area contributed by atoms with Gasteiger partial charge in [-0.05, 0) is 54.6 Å². The summed E-state index contributed by atoms with van der Waals surface area (Å²) in [7, 11) is 0. The van der Waals surface area contributed by atoms with Gasteiger partial charge in [0, 0.05) is 21.6 Å². The van der Waals surface area contributed by atoms with Crippen LogP contribution >= 0.6 is 22.6 Å². The highest BCUT2D eigenvalue weighted by Crippen LogP contribution is 2.38. The van der Waals surface area contributed by atoms with E-state index in [0.717, 1.165) is 21.3 Å². The third-order valence-corrected chi connectivity index (χ3v) is 4.61. The summed E-state index contributed by atoms with van der Waals surface area (Å²) in [5, 5.41) is 2.95.